The third kappa shape index (κ3) is 5.03. The predicted octanol–water partition coefficient (Wildman–Crippen LogP) is 3.65. The molecule has 1 aromatic heterocycles. The minimum Gasteiger partial charge on any atom is -0.388 e. The van der Waals surface area contributed by atoms with Gasteiger partial charge in [-0.15, -0.1) is 5.10 Å². The number of rotatable bonds is 6. The smallest absolute Gasteiger partial charge is 0.388 e. The number of amides is 2. The molecule has 2 heterocycles. The number of nitrogens with one attached hydrogen (secondary N) is 3. The molecule has 1 unspecified atom stereocenters. The number of aromatic nitrogens is 2. The first-order valence-corrected chi connectivity index (χ1v) is 10.1. The number of anilines is 1. The lowest BCUT2D eigenvalue weighted by Gasteiger charge is -2.18. The summed E-state index contributed by atoms with van der Waals surface area (Å²) in [5.41, 5.74) is 0.322. The number of hydrogen-bond acceptors (Lipinski definition) is 5. The largest absolute Gasteiger partial charge is 0.414 e. The molecule has 1 aliphatic heterocycles. The average Bonchev–Trinajstić information content (AvgIpc) is 3.22. The summed E-state index contributed by atoms with van der Waals surface area (Å²) < 4.78 is 5.53. The molecule has 3 rings (SSSR count). The van der Waals surface area contributed by atoms with Gasteiger partial charge < -0.3 is 20.3 Å². The number of benzene rings is 1. The number of carbonyl (C=O) groups excluding carboxylic acids is 2. The van der Waals surface area contributed by atoms with E-state index >= 15 is 0 Å². The highest BCUT2D eigenvalue weighted by Crippen LogP contribution is 2.30. The van der Waals surface area contributed by atoms with E-state index in [0.717, 1.165) is 19.4 Å². The Balaban J connectivity index is 1.52. The zero-order valence-corrected chi connectivity index (χ0v) is 17.6. The average molecular weight is 471 g/mol. The lowest BCUT2D eigenvalue weighted by molar-refractivity contribution is 0.102. The predicted molar refractivity (Wildman–Crippen MR) is 110 cm³/mol. The van der Waals surface area contributed by atoms with Crippen molar-refractivity contribution in [1.29, 1.82) is 0 Å². The number of carbonyl (C=O) groups is 2. The minimum atomic E-state index is -0.600. The molecule has 28 heavy (non-hydrogen) atoms. The standard InChI is InChI=1S/C18H21BrClN5O3/c1-25-10-4-5-11(25)8-9-21-18(27)28-17-14(19)15(23-24-17)22-16(26)12-6-2-3-7-13(12)20/h2-3,6-7,11H,4-5,8-10H2,1H3,(H,21,27)(H2,22,23,24,26). The third-order valence-electron chi connectivity index (χ3n) is 4.64. The van der Waals surface area contributed by atoms with Gasteiger partial charge in [0.05, 0.1) is 10.6 Å². The van der Waals surface area contributed by atoms with Gasteiger partial charge in [0, 0.05) is 12.6 Å². The van der Waals surface area contributed by atoms with Crippen molar-refractivity contribution < 1.29 is 14.3 Å². The number of hydrogen-bond donors (Lipinski definition) is 3. The SMILES string of the molecule is CN1CCCC1CCNC(=O)Oc1n[nH]c(NC(=O)c2ccccc2Cl)c1Br. The van der Waals surface area contributed by atoms with E-state index in [1.165, 1.54) is 6.42 Å². The van der Waals surface area contributed by atoms with Crippen molar-refractivity contribution in [3.05, 3.63) is 39.3 Å². The van der Waals surface area contributed by atoms with Gasteiger partial charge in [-0.1, -0.05) is 23.7 Å². The topological polar surface area (TPSA) is 99.3 Å². The number of halogens is 2. The monoisotopic (exact) mass is 469 g/mol. The van der Waals surface area contributed by atoms with E-state index in [4.69, 9.17) is 16.3 Å². The lowest BCUT2D eigenvalue weighted by Crippen LogP contribution is -2.33. The van der Waals surface area contributed by atoms with Crippen LogP contribution in [-0.2, 0) is 0 Å². The highest BCUT2D eigenvalue weighted by atomic mass is 79.9. The number of H-pyrrole nitrogens is 1. The van der Waals surface area contributed by atoms with Crippen molar-refractivity contribution in [1.82, 2.24) is 20.4 Å². The molecule has 1 fully saturated rings. The summed E-state index contributed by atoms with van der Waals surface area (Å²) in [5, 5.41) is 12.2. The number of likely N-dealkylation sites (tertiary alicyclic amines) is 1. The van der Waals surface area contributed by atoms with Gasteiger partial charge in [0.1, 0.15) is 10.3 Å². The zero-order chi connectivity index (χ0) is 20.1. The highest BCUT2D eigenvalue weighted by molar-refractivity contribution is 9.10. The number of nitrogens with zero attached hydrogens (tertiary/aromatic N) is 2. The molecule has 10 heteroatoms. The van der Waals surface area contributed by atoms with E-state index in [1.54, 1.807) is 24.3 Å². The molecule has 150 valence electrons. The lowest BCUT2D eigenvalue weighted by atomic mass is 10.1. The van der Waals surface area contributed by atoms with Crippen LogP contribution in [0.3, 0.4) is 0 Å². The van der Waals surface area contributed by atoms with Gasteiger partial charge in [0.2, 0.25) is 0 Å². The van der Waals surface area contributed by atoms with Crippen LogP contribution >= 0.6 is 27.5 Å². The van der Waals surface area contributed by atoms with Crippen LogP contribution < -0.4 is 15.4 Å². The molecule has 1 aromatic carbocycles. The molecular weight excluding hydrogens is 450 g/mol. The van der Waals surface area contributed by atoms with Crippen LogP contribution in [0.15, 0.2) is 28.7 Å². The Kier molecular flexibility index (Phi) is 6.93. The van der Waals surface area contributed by atoms with Gasteiger partial charge in [0.25, 0.3) is 11.8 Å². The van der Waals surface area contributed by atoms with E-state index in [-0.39, 0.29) is 11.7 Å². The van der Waals surface area contributed by atoms with Crippen molar-refractivity contribution in [3.8, 4) is 5.88 Å². The van der Waals surface area contributed by atoms with E-state index in [1.807, 2.05) is 0 Å². The van der Waals surface area contributed by atoms with Crippen LogP contribution in [0.25, 0.3) is 0 Å². The van der Waals surface area contributed by atoms with Gasteiger partial charge in [-0.05, 0) is 60.9 Å². The zero-order valence-electron chi connectivity index (χ0n) is 15.3. The van der Waals surface area contributed by atoms with Crippen molar-refractivity contribution in [3.63, 3.8) is 0 Å². The summed E-state index contributed by atoms with van der Waals surface area (Å²) in [7, 11) is 2.09. The Morgan fingerprint density at radius 3 is 2.93 bits per heavy atom. The Labute approximate surface area is 176 Å². The maximum absolute atomic E-state index is 12.3. The van der Waals surface area contributed by atoms with E-state index in [0.29, 0.717) is 27.6 Å². The summed E-state index contributed by atoms with van der Waals surface area (Å²) in [6.07, 6.45) is 2.60. The second-order valence-electron chi connectivity index (χ2n) is 6.53. The van der Waals surface area contributed by atoms with Crippen LogP contribution in [-0.4, -0.2) is 53.3 Å². The summed E-state index contributed by atoms with van der Waals surface area (Å²) >= 11 is 9.30. The fourth-order valence-electron chi connectivity index (χ4n) is 3.10. The highest BCUT2D eigenvalue weighted by Gasteiger charge is 2.21. The van der Waals surface area contributed by atoms with Gasteiger partial charge in [-0.3, -0.25) is 9.89 Å². The normalized spacial score (nSPS) is 16.8. The summed E-state index contributed by atoms with van der Waals surface area (Å²) in [5.74, 6) is -0.114. The molecule has 0 saturated carbocycles. The second-order valence-corrected chi connectivity index (χ2v) is 7.73. The van der Waals surface area contributed by atoms with Crippen molar-refractivity contribution >= 4 is 45.3 Å². The maximum Gasteiger partial charge on any atom is 0.414 e. The minimum absolute atomic E-state index is 0.0324. The maximum atomic E-state index is 12.3. The molecule has 1 atom stereocenters. The Morgan fingerprint density at radius 1 is 1.43 bits per heavy atom. The Hall–Kier alpha value is -2.10. The summed E-state index contributed by atoms with van der Waals surface area (Å²) in [6, 6.07) is 7.17. The summed E-state index contributed by atoms with van der Waals surface area (Å²) in [6.45, 7) is 1.62. The molecule has 1 aliphatic rings. The first kappa shape index (κ1) is 20.6. The molecule has 1 saturated heterocycles. The summed E-state index contributed by atoms with van der Waals surface area (Å²) in [4.78, 5) is 26.6. The number of ether oxygens (including phenoxy) is 1. The third-order valence-corrected chi connectivity index (χ3v) is 5.71. The fourth-order valence-corrected chi connectivity index (χ4v) is 3.68. The molecular formula is C18H21BrClN5O3. The van der Waals surface area contributed by atoms with Crippen LogP contribution in [0.1, 0.15) is 29.6 Å². The van der Waals surface area contributed by atoms with Crippen molar-refractivity contribution in [2.24, 2.45) is 0 Å². The molecule has 0 aliphatic carbocycles. The van der Waals surface area contributed by atoms with Gasteiger partial charge in [0.15, 0.2) is 0 Å². The van der Waals surface area contributed by atoms with Crippen LogP contribution in [0.5, 0.6) is 5.88 Å². The van der Waals surface area contributed by atoms with Crippen molar-refractivity contribution in [2.45, 2.75) is 25.3 Å². The molecule has 0 bridgehead atoms. The first-order chi connectivity index (χ1) is 13.5. The Bertz CT molecular complexity index is 859. The number of aromatic amines is 1. The fraction of sp³-hybridized carbons (Fsp3) is 0.389. The van der Waals surface area contributed by atoms with E-state index in [2.05, 4.69) is 48.7 Å². The van der Waals surface area contributed by atoms with E-state index in [9.17, 15) is 9.59 Å². The van der Waals surface area contributed by atoms with Gasteiger partial charge >= 0.3 is 6.09 Å². The molecule has 0 spiro atoms. The molecule has 2 amide bonds. The second kappa shape index (κ2) is 9.40. The molecule has 3 N–H and O–H groups in total. The molecule has 8 nitrogen and oxygen atoms in total. The molecule has 2 aromatic rings. The molecule has 0 radical (unpaired) electrons. The first-order valence-electron chi connectivity index (χ1n) is 8.91. The van der Waals surface area contributed by atoms with Crippen LogP contribution in [0, 0.1) is 0 Å². The van der Waals surface area contributed by atoms with Gasteiger partial charge in [-0.25, -0.2) is 4.79 Å². The quantitative estimate of drug-likeness (QED) is 0.598. The van der Waals surface area contributed by atoms with Crippen LogP contribution in [0.4, 0.5) is 10.6 Å². The van der Waals surface area contributed by atoms with Crippen molar-refractivity contribution in [2.75, 3.05) is 25.5 Å². The van der Waals surface area contributed by atoms with Gasteiger partial charge in [-0.2, -0.15) is 0 Å². The van der Waals surface area contributed by atoms with E-state index < -0.39 is 12.0 Å². The van der Waals surface area contributed by atoms with Crippen LogP contribution in [0.2, 0.25) is 5.02 Å². The Morgan fingerprint density at radius 2 is 2.21 bits per heavy atom.